The van der Waals surface area contributed by atoms with Crippen LogP contribution < -0.4 is 11.1 Å². The maximum atomic E-state index is 12.8. The van der Waals surface area contributed by atoms with E-state index in [9.17, 15) is 24.5 Å². The number of phosphoric acid groups is 1. The zero-order valence-corrected chi connectivity index (χ0v) is 35.0. The summed E-state index contributed by atoms with van der Waals surface area (Å²) in [6.45, 7) is 3.92. The summed E-state index contributed by atoms with van der Waals surface area (Å²) in [5.74, 6) is -0.459. The van der Waals surface area contributed by atoms with Crippen molar-refractivity contribution in [3.8, 4) is 0 Å². The number of hydrogen-bond donors (Lipinski definition) is 5. The van der Waals surface area contributed by atoms with Gasteiger partial charge in [0.1, 0.15) is 0 Å². The van der Waals surface area contributed by atoms with E-state index in [0.29, 0.717) is 12.8 Å². The molecule has 0 heterocycles. The number of aliphatic hydroxyl groups excluding tert-OH is 2. The monoisotopic (exact) mass is 771 g/mol. The molecule has 53 heavy (non-hydrogen) atoms. The average molecular weight is 771 g/mol. The summed E-state index contributed by atoms with van der Waals surface area (Å²) in [5, 5.41) is 24.0. The second-order valence-corrected chi connectivity index (χ2v) is 16.2. The average Bonchev–Trinajstić information content (AvgIpc) is 3.13. The van der Waals surface area contributed by atoms with E-state index in [2.05, 4.69) is 43.5 Å². The van der Waals surface area contributed by atoms with E-state index in [0.717, 1.165) is 44.9 Å². The number of unbranched alkanes of at least 4 members (excludes halogenated alkanes) is 22. The second-order valence-electron chi connectivity index (χ2n) is 14.7. The second kappa shape index (κ2) is 38.9. The third-order valence-electron chi connectivity index (χ3n) is 9.50. The maximum absolute atomic E-state index is 12.8. The third kappa shape index (κ3) is 37.4. The van der Waals surface area contributed by atoms with E-state index in [4.69, 9.17) is 14.8 Å². The molecule has 10 heteroatoms. The van der Waals surface area contributed by atoms with Gasteiger partial charge in [-0.3, -0.25) is 13.8 Å². The van der Waals surface area contributed by atoms with E-state index >= 15 is 0 Å². The number of allylic oxidation sites excluding steroid dienone is 5. The SMILES string of the molecule is CCCCCC/C=C/CC/C=C/CC/C=C/C(O)C(COP(=O)(O)OCCN)NC(=O)CC(O)CCCCCCCCCCCCCCCCCCC. The Hall–Kier alpha value is -1.32. The summed E-state index contributed by atoms with van der Waals surface area (Å²) >= 11 is 0. The Morgan fingerprint density at radius 2 is 1.08 bits per heavy atom. The minimum absolute atomic E-state index is 0.0427. The molecule has 6 N–H and O–H groups in total. The van der Waals surface area contributed by atoms with Gasteiger partial charge in [-0.05, 0) is 44.9 Å². The van der Waals surface area contributed by atoms with Crippen LogP contribution in [0.25, 0.3) is 0 Å². The Morgan fingerprint density at radius 1 is 0.642 bits per heavy atom. The van der Waals surface area contributed by atoms with Crippen molar-refractivity contribution in [3.63, 3.8) is 0 Å². The van der Waals surface area contributed by atoms with Crippen molar-refractivity contribution >= 4 is 13.7 Å². The lowest BCUT2D eigenvalue weighted by molar-refractivity contribution is -0.124. The quantitative estimate of drug-likeness (QED) is 0.0235. The van der Waals surface area contributed by atoms with Gasteiger partial charge in [-0.15, -0.1) is 0 Å². The van der Waals surface area contributed by atoms with Crippen LogP contribution in [0.3, 0.4) is 0 Å². The highest BCUT2D eigenvalue weighted by molar-refractivity contribution is 7.47. The first-order chi connectivity index (χ1) is 25.8. The molecule has 0 aromatic carbocycles. The summed E-state index contributed by atoms with van der Waals surface area (Å²) in [4.78, 5) is 22.7. The number of hydrogen-bond acceptors (Lipinski definition) is 7. The van der Waals surface area contributed by atoms with E-state index < -0.39 is 38.6 Å². The predicted molar refractivity (Wildman–Crippen MR) is 223 cm³/mol. The van der Waals surface area contributed by atoms with Crippen LogP contribution in [0.1, 0.15) is 194 Å². The first-order valence-corrected chi connectivity index (χ1v) is 23.2. The molecular weight excluding hydrogens is 687 g/mol. The highest BCUT2D eigenvalue weighted by atomic mass is 31.2. The highest BCUT2D eigenvalue weighted by Gasteiger charge is 2.27. The van der Waals surface area contributed by atoms with Crippen LogP contribution in [-0.4, -0.2) is 59.0 Å². The van der Waals surface area contributed by atoms with Gasteiger partial charge in [0.15, 0.2) is 0 Å². The Morgan fingerprint density at radius 3 is 1.57 bits per heavy atom. The zero-order chi connectivity index (χ0) is 39.1. The Kier molecular flexibility index (Phi) is 38.0. The molecule has 0 rings (SSSR count). The van der Waals surface area contributed by atoms with Crippen LogP contribution in [0.5, 0.6) is 0 Å². The highest BCUT2D eigenvalue weighted by Crippen LogP contribution is 2.43. The molecular formula is C43H83N2O7P. The van der Waals surface area contributed by atoms with Gasteiger partial charge in [-0.1, -0.05) is 179 Å². The van der Waals surface area contributed by atoms with Crippen molar-refractivity contribution < 1.29 is 33.5 Å². The first kappa shape index (κ1) is 51.7. The van der Waals surface area contributed by atoms with Crippen LogP contribution in [0.15, 0.2) is 36.5 Å². The van der Waals surface area contributed by atoms with Gasteiger partial charge in [0, 0.05) is 6.54 Å². The molecule has 9 nitrogen and oxygen atoms in total. The summed E-state index contributed by atoms with van der Waals surface area (Å²) in [6.07, 6.45) is 42.3. The molecule has 4 atom stereocenters. The molecule has 4 unspecified atom stereocenters. The molecule has 0 saturated heterocycles. The van der Waals surface area contributed by atoms with Gasteiger partial charge < -0.3 is 26.2 Å². The van der Waals surface area contributed by atoms with Crippen LogP contribution in [0.4, 0.5) is 0 Å². The predicted octanol–water partition coefficient (Wildman–Crippen LogP) is 10.9. The number of carbonyl (C=O) groups excluding carboxylic acids is 1. The summed E-state index contributed by atoms with van der Waals surface area (Å²) < 4.78 is 22.0. The van der Waals surface area contributed by atoms with E-state index in [1.807, 2.05) is 6.08 Å². The van der Waals surface area contributed by atoms with Crippen LogP contribution in [-0.2, 0) is 18.4 Å². The molecule has 0 bridgehead atoms. The zero-order valence-electron chi connectivity index (χ0n) is 34.1. The normalized spacial score (nSPS) is 15.1. The largest absolute Gasteiger partial charge is 0.472 e. The van der Waals surface area contributed by atoms with Gasteiger partial charge in [-0.2, -0.15) is 0 Å². The lowest BCUT2D eigenvalue weighted by Gasteiger charge is -2.24. The maximum Gasteiger partial charge on any atom is 0.472 e. The van der Waals surface area contributed by atoms with Crippen molar-refractivity contribution in [1.82, 2.24) is 5.32 Å². The van der Waals surface area contributed by atoms with Gasteiger partial charge in [0.05, 0.1) is 37.9 Å². The number of carbonyl (C=O) groups is 1. The van der Waals surface area contributed by atoms with Gasteiger partial charge in [-0.25, -0.2) is 4.57 Å². The van der Waals surface area contributed by atoms with Crippen molar-refractivity contribution in [1.29, 1.82) is 0 Å². The third-order valence-corrected chi connectivity index (χ3v) is 10.5. The van der Waals surface area contributed by atoms with Crippen molar-refractivity contribution in [2.24, 2.45) is 5.73 Å². The standard InChI is InChI=1S/C43H83N2O7P/c1-3-5-7-9-11-13-15-17-19-20-21-22-24-26-28-30-32-34-40(46)38-43(48)45-41(39-52-53(49,50)51-37-36-44)42(47)35-33-31-29-27-25-23-18-16-14-12-10-8-6-4-2/h14,16,25,27,33,35,40-42,46-47H,3-13,15,17-24,26,28-32,34,36-39,44H2,1-2H3,(H,45,48)(H,49,50)/b16-14+,27-25+,35-33+. The molecule has 0 aliphatic heterocycles. The molecule has 0 spiro atoms. The van der Waals surface area contributed by atoms with Crippen LogP contribution >= 0.6 is 7.82 Å². The van der Waals surface area contributed by atoms with Gasteiger partial charge >= 0.3 is 7.82 Å². The van der Waals surface area contributed by atoms with Crippen molar-refractivity contribution in [3.05, 3.63) is 36.5 Å². The molecule has 0 radical (unpaired) electrons. The first-order valence-electron chi connectivity index (χ1n) is 21.7. The van der Waals surface area contributed by atoms with Crippen molar-refractivity contribution in [2.45, 2.75) is 212 Å². The fourth-order valence-electron chi connectivity index (χ4n) is 6.21. The fraction of sp³-hybridized carbons (Fsp3) is 0.837. The lowest BCUT2D eigenvalue weighted by atomic mass is 10.0. The van der Waals surface area contributed by atoms with E-state index in [-0.39, 0.29) is 19.6 Å². The molecule has 0 aromatic heterocycles. The number of phosphoric ester groups is 1. The van der Waals surface area contributed by atoms with E-state index in [1.54, 1.807) is 6.08 Å². The molecule has 0 fully saturated rings. The summed E-state index contributed by atoms with van der Waals surface area (Å²) in [7, 11) is -4.41. The molecule has 1 amide bonds. The van der Waals surface area contributed by atoms with E-state index in [1.165, 1.54) is 116 Å². The number of nitrogens with one attached hydrogen (secondary N) is 1. The number of nitrogens with two attached hydrogens (primary N) is 1. The smallest absolute Gasteiger partial charge is 0.393 e. The van der Waals surface area contributed by atoms with Crippen LogP contribution in [0, 0.1) is 0 Å². The summed E-state index contributed by atoms with van der Waals surface area (Å²) in [6, 6.07) is -1.00. The molecule has 0 aromatic rings. The van der Waals surface area contributed by atoms with Crippen LogP contribution in [0.2, 0.25) is 0 Å². The number of rotatable bonds is 40. The Bertz CT molecular complexity index is 946. The molecule has 312 valence electrons. The topological polar surface area (TPSA) is 151 Å². The fourth-order valence-corrected chi connectivity index (χ4v) is 6.97. The molecule has 0 aliphatic rings. The Balaban J connectivity index is 4.35. The van der Waals surface area contributed by atoms with Gasteiger partial charge in [0.25, 0.3) is 0 Å². The number of amides is 1. The van der Waals surface area contributed by atoms with Gasteiger partial charge in [0.2, 0.25) is 5.91 Å². The molecule has 0 aliphatic carbocycles. The lowest BCUT2D eigenvalue weighted by Crippen LogP contribution is -2.46. The number of aliphatic hydroxyl groups is 2. The van der Waals surface area contributed by atoms with Crippen molar-refractivity contribution in [2.75, 3.05) is 19.8 Å². The Labute approximate surface area is 325 Å². The summed E-state index contributed by atoms with van der Waals surface area (Å²) in [5.41, 5.74) is 5.35. The minimum Gasteiger partial charge on any atom is -0.393 e. The molecule has 0 saturated carbocycles. The minimum atomic E-state index is -4.41.